The van der Waals surface area contributed by atoms with E-state index in [0.29, 0.717) is 6.42 Å². The fraction of sp³-hybridized carbons (Fsp3) is 0.250. The molecule has 0 unspecified atom stereocenters. The maximum atomic E-state index is 9.92. The first-order valence-electron chi connectivity index (χ1n) is 3.98. The van der Waals surface area contributed by atoms with E-state index >= 15 is 0 Å². The SMILES string of the molecule is Cl.O=[N+]([O-])NCCc1ccc(O)c(O)c1. The number of halogens is 1. The number of hydrazine groups is 1. The minimum atomic E-state index is -0.625. The van der Waals surface area contributed by atoms with Crippen LogP contribution in [0.5, 0.6) is 11.5 Å². The van der Waals surface area contributed by atoms with Gasteiger partial charge in [-0.3, -0.25) is 0 Å². The molecular formula is C8H11ClN2O4. The number of phenolic OH excluding ortho intramolecular Hbond substituents is 2. The summed E-state index contributed by atoms with van der Waals surface area (Å²) < 4.78 is 0. The van der Waals surface area contributed by atoms with Gasteiger partial charge in [0.25, 0.3) is 0 Å². The summed E-state index contributed by atoms with van der Waals surface area (Å²) in [5, 5.41) is 27.4. The van der Waals surface area contributed by atoms with Crippen molar-refractivity contribution in [3.8, 4) is 11.5 Å². The van der Waals surface area contributed by atoms with Gasteiger partial charge in [-0.05, 0) is 24.1 Å². The van der Waals surface area contributed by atoms with Crippen molar-refractivity contribution in [3.63, 3.8) is 0 Å². The average Bonchev–Trinajstić information content (AvgIpc) is 2.10. The average molecular weight is 235 g/mol. The van der Waals surface area contributed by atoms with Crippen LogP contribution in [-0.4, -0.2) is 21.8 Å². The second-order valence-corrected chi connectivity index (χ2v) is 2.74. The molecule has 0 heterocycles. The number of phenols is 2. The van der Waals surface area contributed by atoms with Crippen molar-refractivity contribution in [1.29, 1.82) is 0 Å². The summed E-state index contributed by atoms with van der Waals surface area (Å²) in [5.74, 6) is -0.417. The molecule has 15 heavy (non-hydrogen) atoms. The van der Waals surface area contributed by atoms with Crippen LogP contribution in [0.3, 0.4) is 0 Å². The van der Waals surface area contributed by atoms with Crippen LogP contribution < -0.4 is 5.43 Å². The first-order chi connectivity index (χ1) is 6.59. The second-order valence-electron chi connectivity index (χ2n) is 2.74. The Morgan fingerprint density at radius 3 is 2.53 bits per heavy atom. The monoisotopic (exact) mass is 234 g/mol. The van der Waals surface area contributed by atoms with Gasteiger partial charge in [-0.1, -0.05) is 6.07 Å². The number of hydrogen-bond acceptors (Lipinski definition) is 4. The molecule has 0 saturated carbocycles. The van der Waals surface area contributed by atoms with Crippen molar-refractivity contribution in [2.24, 2.45) is 0 Å². The molecular weight excluding hydrogens is 224 g/mol. The van der Waals surface area contributed by atoms with Crippen LogP contribution in [0.15, 0.2) is 18.2 Å². The summed E-state index contributed by atoms with van der Waals surface area (Å²) in [6, 6.07) is 4.31. The number of aromatic hydroxyl groups is 2. The van der Waals surface area contributed by atoms with E-state index < -0.39 is 5.03 Å². The van der Waals surface area contributed by atoms with Gasteiger partial charge in [-0.25, -0.2) is 10.1 Å². The summed E-state index contributed by atoms with van der Waals surface area (Å²) in [6.07, 6.45) is 0.412. The van der Waals surface area contributed by atoms with E-state index in [9.17, 15) is 10.1 Å². The summed E-state index contributed by atoms with van der Waals surface area (Å²) in [5.41, 5.74) is 2.72. The van der Waals surface area contributed by atoms with E-state index in [1.54, 1.807) is 6.07 Å². The normalized spacial score (nSPS) is 9.07. The molecule has 0 bridgehead atoms. The van der Waals surface area contributed by atoms with Crippen LogP contribution in [0, 0.1) is 10.1 Å². The van der Waals surface area contributed by atoms with Crippen LogP contribution in [-0.2, 0) is 6.42 Å². The van der Waals surface area contributed by atoms with E-state index in [1.807, 2.05) is 5.43 Å². The zero-order valence-corrected chi connectivity index (χ0v) is 8.53. The Labute approximate surface area is 92.1 Å². The highest BCUT2D eigenvalue weighted by Crippen LogP contribution is 2.24. The van der Waals surface area contributed by atoms with E-state index in [0.717, 1.165) is 5.56 Å². The highest BCUT2D eigenvalue weighted by molar-refractivity contribution is 5.85. The number of rotatable bonds is 4. The molecule has 7 heteroatoms. The second kappa shape index (κ2) is 5.92. The van der Waals surface area contributed by atoms with Gasteiger partial charge in [0.2, 0.25) is 0 Å². The van der Waals surface area contributed by atoms with Crippen molar-refractivity contribution in [3.05, 3.63) is 33.9 Å². The fourth-order valence-electron chi connectivity index (χ4n) is 1.02. The molecule has 6 nitrogen and oxygen atoms in total. The quantitative estimate of drug-likeness (QED) is 0.408. The lowest BCUT2D eigenvalue weighted by Gasteiger charge is -2.01. The van der Waals surface area contributed by atoms with Crippen molar-refractivity contribution < 1.29 is 15.2 Å². The molecule has 0 amide bonds. The molecule has 0 fully saturated rings. The largest absolute Gasteiger partial charge is 0.504 e. The molecule has 0 spiro atoms. The van der Waals surface area contributed by atoms with Gasteiger partial charge in [0.05, 0.1) is 6.54 Å². The Hall–Kier alpha value is -1.69. The smallest absolute Gasteiger partial charge is 0.157 e. The standard InChI is InChI=1S/C8H10N2O4.ClH/c11-7-2-1-6(5-8(7)12)3-4-9-10(13)14;/h1-2,5,9,11-12H,3-4H2;1H. The molecule has 1 rings (SSSR count). The maximum Gasteiger partial charge on any atom is 0.157 e. The summed E-state index contributed by atoms with van der Waals surface area (Å²) in [4.78, 5) is 9.92. The van der Waals surface area contributed by atoms with Crippen molar-refractivity contribution in [1.82, 2.24) is 5.43 Å². The van der Waals surface area contributed by atoms with Crippen LogP contribution in [0.4, 0.5) is 0 Å². The molecule has 0 aliphatic carbocycles. The molecule has 0 aliphatic heterocycles. The third-order valence-electron chi connectivity index (χ3n) is 1.69. The van der Waals surface area contributed by atoms with E-state index in [4.69, 9.17) is 10.2 Å². The summed E-state index contributed by atoms with van der Waals surface area (Å²) >= 11 is 0. The maximum absolute atomic E-state index is 9.92. The minimum Gasteiger partial charge on any atom is -0.504 e. The lowest BCUT2D eigenvalue weighted by Crippen LogP contribution is -2.23. The lowest BCUT2D eigenvalue weighted by molar-refractivity contribution is -0.543. The zero-order valence-electron chi connectivity index (χ0n) is 7.71. The van der Waals surface area contributed by atoms with E-state index in [1.165, 1.54) is 12.1 Å². The first-order valence-corrected chi connectivity index (χ1v) is 3.98. The Balaban J connectivity index is 0.00000196. The van der Waals surface area contributed by atoms with Crippen molar-refractivity contribution in [2.75, 3.05) is 6.54 Å². The van der Waals surface area contributed by atoms with Gasteiger partial charge in [-0.15, -0.1) is 17.8 Å². The van der Waals surface area contributed by atoms with Gasteiger partial charge in [0, 0.05) is 0 Å². The summed E-state index contributed by atoms with van der Waals surface area (Å²) in [7, 11) is 0. The topological polar surface area (TPSA) is 95.6 Å². The predicted molar refractivity (Wildman–Crippen MR) is 55.7 cm³/mol. The van der Waals surface area contributed by atoms with Gasteiger partial charge in [-0.2, -0.15) is 0 Å². The molecule has 1 aromatic rings. The van der Waals surface area contributed by atoms with Gasteiger partial charge in [0.15, 0.2) is 16.5 Å². The van der Waals surface area contributed by atoms with Gasteiger partial charge in [0.1, 0.15) is 0 Å². The number of nitro groups is 1. The molecule has 0 aliphatic rings. The van der Waals surface area contributed by atoms with Crippen LogP contribution >= 0.6 is 12.4 Å². The summed E-state index contributed by atoms with van der Waals surface area (Å²) in [6.45, 7) is 0.178. The Morgan fingerprint density at radius 2 is 2.00 bits per heavy atom. The fourth-order valence-corrected chi connectivity index (χ4v) is 1.02. The lowest BCUT2D eigenvalue weighted by atomic mass is 10.1. The molecule has 0 radical (unpaired) electrons. The first kappa shape index (κ1) is 13.3. The molecule has 0 aromatic heterocycles. The molecule has 1 aromatic carbocycles. The number of hydrogen-bond donors (Lipinski definition) is 3. The minimum absolute atomic E-state index is 0. The molecule has 0 atom stereocenters. The van der Waals surface area contributed by atoms with E-state index in [-0.39, 0.29) is 30.5 Å². The Bertz CT molecular complexity index is 345. The highest BCUT2D eigenvalue weighted by atomic mass is 35.5. The number of benzene rings is 1. The highest BCUT2D eigenvalue weighted by Gasteiger charge is 2.01. The Morgan fingerprint density at radius 1 is 1.33 bits per heavy atom. The Kier molecular flexibility index (Phi) is 5.25. The molecule has 84 valence electrons. The van der Waals surface area contributed by atoms with Crippen molar-refractivity contribution >= 4 is 12.4 Å². The predicted octanol–water partition coefficient (Wildman–Crippen LogP) is 0.843. The zero-order chi connectivity index (χ0) is 10.6. The third kappa shape index (κ3) is 4.37. The van der Waals surface area contributed by atoms with Gasteiger partial charge >= 0.3 is 0 Å². The van der Waals surface area contributed by atoms with Crippen LogP contribution in [0.1, 0.15) is 5.56 Å². The molecule has 3 N–H and O–H groups in total. The molecule has 0 saturated heterocycles. The van der Waals surface area contributed by atoms with Crippen LogP contribution in [0.25, 0.3) is 0 Å². The van der Waals surface area contributed by atoms with Crippen LogP contribution in [0.2, 0.25) is 0 Å². The van der Waals surface area contributed by atoms with E-state index in [2.05, 4.69) is 0 Å². The van der Waals surface area contributed by atoms with Crippen molar-refractivity contribution in [2.45, 2.75) is 6.42 Å². The van der Waals surface area contributed by atoms with Gasteiger partial charge < -0.3 is 10.2 Å². The number of nitrogens with one attached hydrogen (secondary N) is 1. The third-order valence-corrected chi connectivity index (χ3v) is 1.69. The number of nitrogens with zero attached hydrogens (tertiary/aromatic N) is 1.